The van der Waals surface area contributed by atoms with Crippen LogP contribution in [0.5, 0.6) is 5.75 Å². The smallest absolute Gasteiger partial charge is 0.150 e. The first-order valence-corrected chi connectivity index (χ1v) is 11.0. The number of hydrogen-bond donors (Lipinski definition) is 0. The zero-order chi connectivity index (χ0) is 17.4. The van der Waals surface area contributed by atoms with E-state index in [0.717, 1.165) is 44.6 Å². The number of rotatable bonds is 4. The highest BCUT2D eigenvalue weighted by atomic mass is 32.2. The first kappa shape index (κ1) is 16.9. The van der Waals surface area contributed by atoms with Gasteiger partial charge >= 0.3 is 0 Å². The van der Waals surface area contributed by atoms with Gasteiger partial charge in [0.1, 0.15) is 11.9 Å². The van der Waals surface area contributed by atoms with Crippen molar-refractivity contribution in [1.82, 2.24) is 9.47 Å². The van der Waals surface area contributed by atoms with Crippen LogP contribution >= 0.6 is 0 Å². The number of aryl methyl sites for hydroxylation is 1. The van der Waals surface area contributed by atoms with Gasteiger partial charge in [0, 0.05) is 38.3 Å². The summed E-state index contributed by atoms with van der Waals surface area (Å²) in [5.74, 6) is 2.04. The van der Waals surface area contributed by atoms with Crippen LogP contribution < -0.4 is 4.74 Å². The largest absolute Gasteiger partial charge is 0.490 e. The molecule has 3 heterocycles. The quantitative estimate of drug-likeness (QED) is 0.838. The van der Waals surface area contributed by atoms with Gasteiger partial charge in [0.15, 0.2) is 9.84 Å². The van der Waals surface area contributed by atoms with Gasteiger partial charge < -0.3 is 14.2 Å². The van der Waals surface area contributed by atoms with Crippen molar-refractivity contribution in [1.29, 1.82) is 0 Å². The molecule has 0 radical (unpaired) electrons. The molecule has 0 saturated carbocycles. The van der Waals surface area contributed by atoms with Crippen LogP contribution in [0.25, 0.3) is 10.9 Å². The van der Waals surface area contributed by atoms with E-state index >= 15 is 0 Å². The average molecular weight is 362 g/mol. The molecule has 2 aliphatic heterocycles. The lowest BCUT2D eigenvalue weighted by atomic mass is 10.0. The number of ether oxygens (including phenoxy) is 1. The Morgan fingerprint density at radius 2 is 1.96 bits per heavy atom. The molecule has 2 saturated heterocycles. The average Bonchev–Trinajstić information content (AvgIpc) is 3.13. The lowest BCUT2D eigenvalue weighted by Gasteiger charge is -2.33. The lowest BCUT2D eigenvalue weighted by Crippen LogP contribution is -2.40. The van der Waals surface area contributed by atoms with Gasteiger partial charge in [-0.05, 0) is 43.4 Å². The Morgan fingerprint density at radius 1 is 1.16 bits per heavy atom. The van der Waals surface area contributed by atoms with Crippen molar-refractivity contribution in [2.24, 2.45) is 13.0 Å². The number of fused-ring (bicyclic) bond motifs is 1. The molecule has 136 valence electrons. The third-order valence-corrected chi connectivity index (χ3v) is 7.40. The molecule has 0 N–H and O–H groups in total. The van der Waals surface area contributed by atoms with E-state index in [0.29, 0.717) is 17.4 Å². The molecule has 1 unspecified atom stereocenters. The van der Waals surface area contributed by atoms with Gasteiger partial charge in [0.25, 0.3) is 0 Å². The zero-order valence-electron chi connectivity index (χ0n) is 14.7. The predicted molar refractivity (Wildman–Crippen MR) is 99.8 cm³/mol. The Morgan fingerprint density at radius 3 is 2.68 bits per heavy atom. The van der Waals surface area contributed by atoms with E-state index in [1.165, 1.54) is 10.9 Å². The first-order valence-electron chi connectivity index (χ1n) is 9.14. The highest BCUT2D eigenvalue weighted by Gasteiger charge is 2.30. The Balaban J connectivity index is 1.33. The summed E-state index contributed by atoms with van der Waals surface area (Å²) in [6, 6.07) is 8.33. The molecule has 25 heavy (non-hydrogen) atoms. The summed E-state index contributed by atoms with van der Waals surface area (Å²) < 4.78 is 31.6. The van der Waals surface area contributed by atoms with Crippen LogP contribution in [0, 0.1) is 5.92 Å². The summed E-state index contributed by atoms with van der Waals surface area (Å²) >= 11 is 0. The molecular weight excluding hydrogens is 336 g/mol. The topological polar surface area (TPSA) is 51.5 Å². The van der Waals surface area contributed by atoms with E-state index in [1.807, 2.05) is 13.1 Å². The molecule has 6 heteroatoms. The standard InChI is InChI=1S/C19H26N2O3S/c1-20-9-7-17-18(20)3-2-4-19(17)24-16-5-10-21(11-6-16)13-15-8-12-25(22,23)14-15/h2-4,7,9,15-16H,5-6,8,10-14H2,1H3. The van der Waals surface area contributed by atoms with E-state index in [1.54, 1.807) is 0 Å². The Kier molecular flexibility index (Phi) is 4.50. The second-order valence-electron chi connectivity index (χ2n) is 7.50. The second-order valence-corrected chi connectivity index (χ2v) is 9.73. The second kappa shape index (κ2) is 6.65. The molecular formula is C19H26N2O3S. The minimum Gasteiger partial charge on any atom is -0.490 e. The van der Waals surface area contributed by atoms with Crippen molar-refractivity contribution in [3.8, 4) is 5.75 Å². The summed E-state index contributed by atoms with van der Waals surface area (Å²) in [6.07, 6.45) is 5.14. The normalized spacial score (nSPS) is 24.8. The molecule has 2 fully saturated rings. The minimum atomic E-state index is -2.77. The van der Waals surface area contributed by atoms with Gasteiger partial charge in [0.05, 0.1) is 17.0 Å². The fourth-order valence-electron chi connectivity index (χ4n) is 4.15. The van der Waals surface area contributed by atoms with Crippen molar-refractivity contribution in [2.45, 2.75) is 25.4 Å². The monoisotopic (exact) mass is 362 g/mol. The lowest BCUT2D eigenvalue weighted by molar-refractivity contribution is 0.0943. The van der Waals surface area contributed by atoms with Gasteiger partial charge in [0.2, 0.25) is 0 Å². The number of benzene rings is 1. The zero-order valence-corrected chi connectivity index (χ0v) is 15.5. The summed E-state index contributed by atoms with van der Waals surface area (Å²) in [5.41, 5.74) is 1.19. The number of likely N-dealkylation sites (tertiary alicyclic amines) is 1. The molecule has 0 spiro atoms. The number of sulfone groups is 1. The molecule has 2 aliphatic rings. The third-order valence-electron chi connectivity index (χ3n) is 5.56. The fourth-order valence-corrected chi connectivity index (χ4v) is 6.00. The van der Waals surface area contributed by atoms with E-state index in [2.05, 4.69) is 33.9 Å². The third kappa shape index (κ3) is 3.70. The van der Waals surface area contributed by atoms with Crippen molar-refractivity contribution < 1.29 is 13.2 Å². The number of nitrogens with zero attached hydrogens (tertiary/aromatic N) is 2. The van der Waals surface area contributed by atoms with E-state index < -0.39 is 9.84 Å². The summed E-state index contributed by atoms with van der Waals surface area (Å²) in [4.78, 5) is 2.41. The summed E-state index contributed by atoms with van der Waals surface area (Å²) in [5, 5.41) is 1.17. The summed E-state index contributed by atoms with van der Waals surface area (Å²) in [6.45, 7) is 2.90. The van der Waals surface area contributed by atoms with Crippen molar-refractivity contribution in [3.05, 3.63) is 30.5 Å². The Labute approximate surface area is 149 Å². The Bertz CT molecular complexity index is 851. The van der Waals surface area contributed by atoms with Crippen LogP contribution in [-0.2, 0) is 16.9 Å². The van der Waals surface area contributed by atoms with Crippen LogP contribution in [0.2, 0.25) is 0 Å². The predicted octanol–water partition coefficient (Wildman–Crippen LogP) is 2.46. The van der Waals surface area contributed by atoms with Gasteiger partial charge in [-0.25, -0.2) is 8.42 Å². The van der Waals surface area contributed by atoms with Crippen molar-refractivity contribution in [3.63, 3.8) is 0 Å². The summed E-state index contributed by atoms with van der Waals surface area (Å²) in [7, 11) is -0.720. The highest BCUT2D eigenvalue weighted by Crippen LogP contribution is 2.29. The SMILES string of the molecule is Cn1ccc2c(OC3CCN(CC4CCS(=O)(=O)C4)CC3)cccc21. The maximum Gasteiger partial charge on any atom is 0.150 e. The number of hydrogen-bond acceptors (Lipinski definition) is 4. The first-order chi connectivity index (χ1) is 12.0. The minimum absolute atomic E-state index is 0.245. The van der Waals surface area contributed by atoms with Crippen molar-refractivity contribution >= 4 is 20.7 Å². The number of piperidine rings is 1. The molecule has 1 atom stereocenters. The van der Waals surface area contributed by atoms with Gasteiger partial charge in [-0.2, -0.15) is 0 Å². The van der Waals surface area contributed by atoms with Crippen LogP contribution in [0.15, 0.2) is 30.5 Å². The van der Waals surface area contributed by atoms with Crippen molar-refractivity contribution in [2.75, 3.05) is 31.1 Å². The van der Waals surface area contributed by atoms with Crippen LogP contribution in [-0.4, -0.2) is 55.1 Å². The van der Waals surface area contributed by atoms with Crippen LogP contribution in [0.3, 0.4) is 0 Å². The maximum atomic E-state index is 11.6. The van der Waals surface area contributed by atoms with Gasteiger partial charge in [-0.15, -0.1) is 0 Å². The molecule has 1 aromatic heterocycles. The van der Waals surface area contributed by atoms with E-state index in [-0.39, 0.29) is 6.10 Å². The number of aromatic nitrogens is 1. The molecule has 0 amide bonds. The van der Waals surface area contributed by atoms with Gasteiger partial charge in [-0.1, -0.05) is 6.07 Å². The molecule has 4 rings (SSSR count). The van der Waals surface area contributed by atoms with Gasteiger partial charge in [-0.3, -0.25) is 0 Å². The van der Waals surface area contributed by atoms with Crippen LogP contribution in [0.1, 0.15) is 19.3 Å². The Hall–Kier alpha value is -1.53. The van der Waals surface area contributed by atoms with E-state index in [4.69, 9.17) is 4.74 Å². The molecule has 0 aliphatic carbocycles. The maximum absolute atomic E-state index is 11.6. The highest BCUT2D eigenvalue weighted by molar-refractivity contribution is 7.91. The molecule has 1 aromatic carbocycles. The molecule has 0 bridgehead atoms. The molecule has 5 nitrogen and oxygen atoms in total. The van der Waals surface area contributed by atoms with E-state index in [9.17, 15) is 8.42 Å². The van der Waals surface area contributed by atoms with Crippen LogP contribution in [0.4, 0.5) is 0 Å². The fraction of sp³-hybridized carbons (Fsp3) is 0.579. The molecule has 2 aromatic rings.